The van der Waals surface area contributed by atoms with Crippen molar-refractivity contribution in [1.82, 2.24) is 4.98 Å². The van der Waals surface area contributed by atoms with Crippen LogP contribution in [0.25, 0.3) is 10.9 Å². The fraction of sp³-hybridized carbons (Fsp3) is 0.444. The zero-order valence-corrected chi connectivity index (χ0v) is 21.7. The van der Waals surface area contributed by atoms with Crippen molar-refractivity contribution in [3.8, 4) is 5.75 Å². The molecule has 0 saturated carbocycles. The van der Waals surface area contributed by atoms with E-state index in [0.717, 1.165) is 22.3 Å². The Morgan fingerprint density at radius 3 is 2.25 bits per heavy atom. The second-order valence-electron chi connectivity index (χ2n) is 7.84. The first kappa shape index (κ1) is 26.9. The van der Waals surface area contributed by atoms with Gasteiger partial charge in [0.05, 0.1) is 15.8 Å². The van der Waals surface area contributed by atoms with Gasteiger partial charge >= 0.3 is 0 Å². The lowest BCUT2D eigenvalue weighted by Gasteiger charge is -2.18. The number of hydrogen-bond acceptors (Lipinski definition) is 4. The van der Waals surface area contributed by atoms with Crippen LogP contribution in [0.1, 0.15) is 68.2 Å². The second-order valence-corrected chi connectivity index (χ2v) is 10.6. The van der Waals surface area contributed by atoms with E-state index >= 15 is 0 Å². The lowest BCUT2D eigenvalue weighted by atomic mass is 10.2. The molecule has 5 heteroatoms. The van der Waals surface area contributed by atoms with E-state index in [4.69, 9.17) is 9.72 Å². The van der Waals surface area contributed by atoms with E-state index in [9.17, 15) is 0 Å². The minimum absolute atomic E-state index is 0. The Bertz CT molecular complexity index is 909. The monoisotopic (exact) mass is 489 g/mol. The zero-order valence-electron chi connectivity index (χ0n) is 19.3. The predicted molar refractivity (Wildman–Crippen MR) is 146 cm³/mol. The molecule has 0 aliphatic carbocycles. The average Bonchev–Trinajstić information content (AvgIpc) is 2.82. The molecule has 0 spiro atoms. The number of pyridine rings is 1. The highest BCUT2D eigenvalue weighted by Gasteiger charge is 2.13. The van der Waals surface area contributed by atoms with E-state index in [1.165, 1.54) is 55.6 Å². The Hall–Kier alpha value is -1.36. The number of para-hydroxylation sites is 1. The molecular weight excluding hydrogens is 454 g/mol. The molecule has 2 aromatic carbocycles. The molecule has 1 aromatic heterocycles. The van der Waals surface area contributed by atoms with E-state index in [0.29, 0.717) is 11.2 Å². The molecule has 0 bridgehead atoms. The number of unbranched alkanes of at least 4 members (excludes halogenated alkanes) is 4. The number of halogens is 1. The van der Waals surface area contributed by atoms with Crippen LogP contribution in [-0.2, 0) is 6.61 Å². The Kier molecular flexibility index (Phi) is 13.0. The van der Waals surface area contributed by atoms with Crippen LogP contribution in [0.5, 0.6) is 5.75 Å². The quantitative estimate of drug-likeness (QED) is 0.166. The van der Waals surface area contributed by atoms with Gasteiger partial charge in [-0.05, 0) is 54.2 Å². The topological polar surface area (TPSA) is 22.1 Å². The van der Waals surface area contributed by atoms with Crippen LogP contribution < -0.4 is 4.74 Å². The van der Waals surface area contributed by atoms with Crippen molar-refractivity contribution in [3.63, 3.8) is 0 Å². The maximum atomic E-state index is 6.14. The number of thioether (sulfide) groups is 2. The molecule has 32 heavy (non-hydrogen) atoms. The molecule has 0 unspecified atom stereocenters. The molecular formula is C27H36ClNOS2. The molecule has 0 N–H and O–H groups in total. The fourth-order valence-corrected chi connectivity index (χ4v) is 6.23. The van der Waals surface area contributed by atoms with Gasteiger partial charge in [0.2, 0.25) is 0 Å². The Labute approximate surface area is 208 Å². The average molecular weight is 490 g/mol. The molecule has 174 valence electrons. The molecule has 0 saturated heterocycles. The van der Waals surface area contributed by atoms with E-state index < -0.39 is 0 Å². The van der Waals surface area contributed by atoms with Crippen LogP contribution in [0.4, 0.5) is 0 Å². The van der Waals surface area contributed by atoms with E-state index in [1.807, 2.05) is 12.1 Å². The van der Waals surface area contributed by atoms with Gasteiger partial charge in [0, 0.05) is 5.39 Å². The van der Waals surface area contributed by atoms with Gasteiger partial charge in [0.25, 0.3) is 0 Å². The van der Waals surface area contributed by atoms with Crippen molar-refractivity contribution in [2.24, 2.45) is 0 Å². The summed E-state index contributed by atoms with van der Waals surface area (Å²) in [6.07, 6.45) is 7.81. The van der Waals surface area contributed by atoms with Crippen LogP contribution >= 0.6 is 35.9 Å². The third-order valence-corrected chi connectivity index (χ3v) is 8.22. The molecule has 2 nitrogen and oxygen atoms in total. The highest BCUT2D eigenvalue weighted by atomic mass is 35.5. The van der Waals surface area contributed by atoms with Gasteiger partial charge in [0.15, 0.2) is 0 Å². The van der Waals surface area contributed by atoms with Gasteiger partial charge in [-0.2, -0.15) is 0 Å². The minimum Gasteiger partial charge on any atom is -0.487 e. The summed E-state index contributed by atoms with van der Waals surface area (Å²) in [5.41, 5.74) is 3.35. The van der Waals surface area contributed by atoms with Gasteiger partial charge in [-0.15, -0.1) is 35.9 Å². The number of benzene rings is 2. The summed E-state index contributed by atoms with van der Waals surface area (Å²) < 4.78 is 6.62. The van der Waals surface area contributed by atoms with Crippen molar-refractivity contribution in [3.05, 3.63) is 71.9 Å². The molecule has 0 aliphatic rings. The lowest BCUT2D eigenvalue weighted by Crippen LogP contribution is -2.00. The minimum atomic E-state index is 0. The van der Waals surface area contributed by atoms with E-state index in [-0.39, 0.29) is 12.4 Å². The number of rotatable bonds is 14. The Morgan fingerprint density at radius 2 is 1.53 bits per heavy atom. The van der Waals surface area contributed by atoms with Crippen molar-refractivity contribution in [2.75, 3.05) is 11.5 Å². The first-order valence-electron chi connectivity index (χ1n) is 11.6. The SMILES string of the molecule is CCCCCSC(SCCCCC)c1cccc(OCc2ccc3ccccc3n2)c1.Cl. The summed E-state index contributed by atoms with van der Waals surface area (Å²) in [6, 6.07) is 21.1. The van der Waals surface area contributed by atoms with E-state index in [2.05, 4.69) is 85.9 Å². The summed E-state index contributed by atoms with van der Waals surface area (Å²) in [7, 11) is 0. The van der Waals surface area contributed by atoms with Crippen LogP contribution in [0.15, 0.2) is 60.7 Å². The standard InChI is InChI=1S/C27H35NOS2.ClH/c1-3-5-9-18-30-27(31-19-10-6-4-2)23-13-11-14-25(20-23)29-21-24-17-16-22-12-7-8-15-26(22)28-24;/h7-8,11-17,20,27H,3-6,9-10,18-19,21H2,1-2H3;1H. The Balaban J connectivity index is 0.00000363. The molecule has 0 atom stereocenters. The molecule has 1 heterocycles. The van der Waals surface area contributed by atoms with Gasteiger partial charge in [-0.1, -0.05) is 75.9 Å². The maximum absolute atomic E-state index is 6.14. The summed E-state index contributed by atoms with van der Waals surface area (Å²) in [5.74, 6) is 3.39. The van der Waals surface area contributed by atoms with Crippen LogP contribution in [0.2, 0.25) is 0 Å². The first-order chi connectivity index (χ1) is 15.3. The molecule has 3 aromatic rings. The fourth-order valence-electron chi connectivity index (χ4n) is 3.42. The molecule has 0 amide bonds. The van der Waals surface area contributed by atoms with Crippen LogP contribution in [-0.4, -0.2) is 16.5 Å². The van der Waals surface area contributed by atoms with Gasteiger partial charge in [-0.3, -0.25) is 0 Å². The second kappa shape index (κ2) is 15.5. The summed E-state index contributed by atoms with van der Waals surface area (Å²) >= 11 is 4.18. The number of ether oxygens (including phenoxy) is 1. The largest absolute Gasteiger partial charge is 0.487 e. The van der Waals surface area contributed by atoms with Crippen molar-refractivity contribution < 1.29 is 4.74 Å². The number of fused-ring (bicyclic) bond motifs is 1. The normalized spacial score (nSPS) is 11.0. The highest BCUT2D eigenvalue weighted by molar-refractivity contribution is 8.16. The summed E-state index contributed by atoms with van der Waals surface area (Å²) in [5, 5.41) is 1.16. The highest BCUT2D eigenvalue weighted by Crippen LogP contribution is 2.41. The molecule has 0 radical (unpaired) electrons. The van der Waals surface area contributed by atoms with Crippen molar-refractivity contribution in [2.45, 2.75) is 63.6 Å². The molecule has 0 aliphatic heterocycles. The number of hydrogen-bond donors (Lipinski definition) is 0. The summed E-state index contributed by atoms with van der Waals surface area (Å²) in [4.78, 5) is 4.73. The lowest BCUT2D eigenvalue weighted by molar-refractivity contribution is 0.301. The summed E-state index contributed by atoms with van der Waals surface area (Å²) in [6.45, 7) is 5.03. The third-order valence-electron chi connectivity index (χ3n) is 5.21. The molecule has 3 rings (SSSR count). The number of aromatic nitrogens is 1. The number of nitrogens with zero attached hydrogens (tertiary/aromatic N) is 1. The Morgan fingerprint density at radius 1 is 0.812 bits per heavy atom. The van der Waals surface area contributed by atoms with Crippen molar-refractivity contribution >= 4 is 46.8 Å². The zero-order chi connectivity index (χ0) is 21.7. The van der Waals surface area contributed by atoms with Gasteiger partial charge < -0.3 is 4.74 Å². The van der Waals surface area contributed by atoms with E-state index in [1.54, 1.807) is 0 Å². The van der Waals surface area contributed by atoms with Crippen molar-refractivity contribution in [1.29, 1.82) is 0 Å². The van der Waals surface area contributed by atoms with Crippen LogP contribution in [0, 0.1) is 0 Å². The predicted octanol–water partition coefficient (Wildman–Crippen LogP) is 9.08. The van der Waals surface area contributed by atoms with Gasteiger partial charge in [0.1, 0.15) is 12.4 Å². The van der Waals surface area contributed by atoms with Crippen LogP contribution in [0.3, 0.4) is 0 Å². The molecule has 0 fully saturated rings. The smallest absolute Gasteiger partial charge is 0.130 e. The maximum Gasteiger partial charge on any atom is 0.130 e. The van der Waals surface area contributed by atoms with Gasteiger partial charge in [-0.25, -0.2) is 4.98 Å². The third kappa shape index (κ3) is 8.88. The first-order valence-corrected chi connectivity index (χ1v) is 13.7.